The van der Waals surface area contributed by atoms with E-state index in [9.17, 15) is 17.6 Å². The zero-order valence-electron chi connectivity index (χ0n) is 17.4. The molecule has 0 saturated heterocycles. The van der Waals surface area contributed by atoms with Crippen molar-refractivity contribution in [1.29, 1.82) is 0 Å². The van der Waals surface area contributed by atoms with Gasteiger partial charge in [-0.1, -0.05) is 17.4 Å². The van der Waals surface area contributed by atoms with Crippen LogP contribution in [0.5, 0.6) is 0 Å². The molecular weight excluding hydrogens is 449 g/mol. The summed E-state index contributed by atoms with van der Waals surface area (Å²) in [6.45, 7) is 4.07. The summed E-state index contributed by atoms with van der Waals surface area (Å²) in [5.74, 6) is -1.95. The maximum atomic E-state index is 13.2. The lowest BCUT2D eigenvalue weighted by atomic mass is 10.1. The van der Waals surface area contributed by atoms with Gasteiger partial charge < -0.3 is 0 Å². The van der Waals surface area contributed by atoms with Crippen molar-refractivity contribution in [2.75, 3.05) is 10.7 Å². The van der Waals surface area contributed by atoms with Crippen LogP contribution in [0.3, 0.4) is 0 Å². The lowest BCUT2D eigenvalue weighted by Gasteiger charge is -2.19. The average Bonchev–Trinajstić information content (AvgIpc) is 3.15. The second-order valence-corrected chi connectivity index (χ2v) is 10.4. The van der Waals surface area contributed by atoms with Gasteiger partial charge in [0.05, 0.1) is 27.4 Å². The Hall–Kier alpha value is -3.17. The number of anilines is 1. The molecular formula is C23H20FN3O3S2. The summed E-state index contributed by atoms with van der Waals surface area (Å²) in [7, 11) is -3.97. The van der Waals surface area contributed by atoms with E-state index in [1.165, 1.54) is 16.2 Å². The third-order valence-corrected chi connectivity index (χ3v) is 7.72. The van der Waals surface area contributed by atoms with E-state index >= 15 is 0 Å². The van der Waals surface area contributed by atoms with Gasteiger partial charge in [-0.25, -0.2) is 17.8 Å². The largest absolute Gasteiger partial charge is 0.281 e. The predicted molar refractivity (Wildman–Crippen MR) is 123 cm³/mol. The third-order valence-electron chi connectivity index (χ3n) is 5.06. The molecule has 0 spiro atoms. The Morgan fingerprint density at radius 3 is 2.47 bits per heavy atom. The Balaban J connectivity index is 1.70. The number of sulfone groups is 1. The van der Waals surface area contributed by atoms with Crippen LogP contribution in [0.25, 0.3) is 10.2 Å². The number of halogens is 1. The quantitative estimate of drug-likeness (QED) is 0.390. The van der Waals surface area contributed by atoms with E-state index in [4.69, 9.17) is 0 Å². The van der Waals surface area contributed by atoms with Crippen molar-refractivity contribution < 1.29 is 17.6 Å². The number of amides is 1. The van der Waals surface area contributed by atoms with Crippen molar-refractivity contribution in [1.82, 2.24) is 9.97 Å². The maximum Gasteiger partial charge on any atom is 0.244 e. The normalized spacial score (nSPS) is 11.6. The number of pyridine rings is 1. The minimum atomic E-state index is -3.97. The van der Waals surface area contributed by atoms with Crippen LogP contribution in [0.4, 0.5) is 9.52 Å². The molecule has 0 radical (unpaired) electrons. The first-order valence-electron chi connectivity index (χ1n) is 9.79. The van der Waals surface area contributed by atoms with E-state index < -0.39 is 27.3 Å². The number of nitrogens with zero attached hydrogens (tertiary/aromatic N) is 3. The van der Waals surface area contributed by atoms with Crippen LogP contribution >= 0.6 is 11.3 Å². The predicted octanol–water partition coefficient (Wildman–Crippen LogP) is 4.45. The summed E-state index contributed by atoms with van der Waals surface area (Å²) in [5, 5.41) is 0.398. The Kier molecular flexibility index (Phi) is 6.03. The third kappa shape index (κ3) is 4.68. The summed E-state index contributed by atoms with van der Waals surface area (Å²) in [4.78, 5) is 23.3. The SMILES string of the molecule is Cc1cc2nc(N(Cc3ccccn3)C(=O)CS(=O)(=O)c3ccc(F)cc3)sc2cc1C. The molecule has 0 saturated carbocycles. The van der Waals surface area contributed by atoms with Gasteiger partial charge in [-0.05, 0) is 73.5 Å². The number of aromatic nitrogens is 2. The molecule has 0 aliphatic heterocycles. The van der Waals surface area contributed by atoms with Gasteiger partial charge in [0.1, 0.15) is 11.6 Å². The van der Waals surface area contributed by atoms with Crippen molar-refractivity contribution in [3.63, 3.8) is 0 Å². The van der Waals surface area contributed by atoms with Gasteiger partial charge in [0.2, 0.25) is 5.91 Å². The second kappa shape index (κ2) is 8.76. The highest BCUT2D eigenvalue weighted by atomic mass is 32.2. The standard InChI is InChI=1S/C23H20FN3O3S2/c1-15-11-20-21(12-16(15)2)31-23(26-20)27(13-18-5-3-4-10-25-18)22(28)14-32(29,30)19-8-6-17(24)7-9-19/h3-12H,13-14H2,1-2H3. The van der Waals surface area contributed by atoms with Crippen molar-refractivity contribution in [2.45, 2.75) is 25.3 Å². The molecule has 9 heteroatoms. The second-order valence-electron chi connectivity index (χ2n) is 7.41. The molecule has 0 aliphatic rings. The number of hydrogen-bond donors (Lipinski definition) is 0. The molecule has 4 rings (SSSR count). The Morgan fingerprint density at radius 2 is 1.78 bits per heavy atom. The van der Waals surface area contributed by atoms with Crippen LogP contribution in [0.2, 0.25) is 0 Å². The number of thiazole rings is 1. The molecule has 0 bridgehead atoms. The smallest absolute Gasteiger partial charge is 0.244 e. The summed E-state index contributed by atoms with van der Waals surface area (Å²) < 4.78 is 39.7. The van der Waals surface area contributed by atoms with Gasteiger partial charge in [-0.15, -0.1) is 0 Å². The lowest BCUT2D eigenvalue weighted by molar-refractivity contribution is -0.116. The van der Waals surface area contributed by atoms with Gasteiger partial charge in [-0.2, -0.15) is 0 Å². The number of rotatable bonds is 6. The number of aryl methyl sites for hydroxylation is 2. The molecule has 2 aromatic carbocycles. The van der Waals surface area contributed by atoms with Crippen molar-refractivity contribution >= 4 is 42.4 Å². The first kappa shape index (κ1) is 22.0. The minimum Gasteiger partial charge on any atom is -0.281 e. The van der Waals surface area contributed by atoms with Crippen molar-refractivity contribution in [2.24, 2.45) is 0 Å². The molecule has 4 aromatic rings. The molecule has 6 nitrogen and oxygen atoms in total. The molecule has 2 heterocycles. The van der Waals surface area contributed by atoms with Gasteiger partial charge >= 0.3 is 0 Å². The first-order chi connectivity index (χ1) is 15.2. The molecule has 2 aromatic heterocycles. The van der Waals surface area contributed by atoms with E-state index in [1.54, 1.807) is 24.4 Å². The van der Waals surface area contributed by atoms with Crippen molar-refractivity contribution in [3.05, 3.63) is 83.4 Å². The zero-order chi connectivity index (χ0) is 22.9. The zero-order valence-corrected chi connectivity index (χ0v) is 19.1. The number of benzene rings is 2. The fourth-order valence-electron chi connectivity index (χ4n) is 3.17. The molecule has 0 fully saturated rings. The fourth-order valence-corrected chi connectivity index (χ4v) is 5.43. The van der Waals surface area contributed by atoms with Gasteiger partial charge in [0, 0.05) is 6.20 Å². The Labute approximate surface area is 189 Å². The number of carbonyl (C=O) groups excluding carboxylic acids is 1. The minimum absolute atomic E-state index is 0.0798. The lowest BCUT2D eigenvalue weighted by Crippen LogP contribution is -2.35. The highest BCUT2D eigenvalue weighted by Crippen LogP contribution is 2.32. The molecule has 0 atom stereocenters. The van der Waals surface area contributed by atoms with Crippen LogP contribution in [0.15, 0.2) is 65.7 Å². The van der Waals surface area contributed by atoms with E-state index in [1.807, 2.05) is 26.0 Å². The monoisotopic (exact) mass is 469 g/mol. The van der Waals surface area contributed by atoms with Gasteiger partial charge in [0.15, 0.2) is 15.0 Å². The van der Waals surface area contributed by atoms with E-state index in [0.717, 1.165) is 45.6 Å². The average molecular weight is 470 g/mol. The highest BCUT2D eigenvalue weighted by molar-refractivity contribution is 7.92. The van der Waals surface area contributed by atoms with Crippen LogP contribution < -0.4 is 4.90 Å². The Morgan fingerprint density at radius 1 is 1.06 bits per heavy atom. The fraction of sp³-hybridized carbons (Fsp3) is 0.174. The van der Waals surface area contributed by atoms with Gasteiger partial charge in [-0.3, -0.25) is 14.7 Å². The van der Waals surface area contributed by atoms with Crippen LogP contribution in [0.1, 0.15) is 16.8 Å². The summed E-state index contributed by atoms with van der Waals surface area (Å²) in [6.07, 6.45) is 1.61. The van der Waals surface area contributed by atoms with Crippen molar-refractivity contribution in [3.8, 4) is 0 Å². The molecule has 32 heavy (non-hydrogen) atoms. The number of hydrogen-bond acceptors (Lipinski definition) is 6. The van der Waals surface area contributed by atoms with Gasteiger partial charge in [0.25, 0.3) is 0 Å². The number of carbonyl (C=O) groups is 1. The first-order valence-corrected chi connectivity index (χ1v) is 12.3. The Bertz CT molecular complexity index is 1350. The maximum absolute atomic E-state index is 13.2. The molecule has 0 aliphatic carbocycles. The summed E-state index contributed by atoms with van der Waals surface area (Å²) in [5.41, 5.74) is 3.53. The molecule has 0 unspecified atom stereocenters. The molecule has 0 N–H and O–H groups in total. The van der Waals surface area contributed by atoms with Crippen LogP contribution in [0, 0.1) is 19.7 Å². The highest BCUT2D eigenvalue weighted by Gasteiger charge is 2.27. The molecule has 1 amide bonds. The topological polar surface area (TPSA) is 80.2 Å². The van der Waals surface area contributed by atoms with E-state index in [-0.39, 0.29) is 11.4 Å². The number of fused-ring (bicyclic) bond motifs is 1. The van der Waals surface area contributed by atoms with Crippen LogP contribution in [-0.2, 0) is 21.2 Å². The van der Waals surface area contributed by atoms with Crippen LogP contribution in [-0.4, -0.2) is 30.0 Å². The molecule has 164 valence electrons. The van der Waals surface area contributed by atoms with E-state index in [2.05, 4.69) is 9.97 Å². The summed E-state index contributed by atoms with van der Waals surface area (Å²) in [6, 6.07) is 13.7. The van der Waals surface area contributed by atoms with E-state index in [0.29, 0.717) is 10.8 Å². The summed E-state index contributed by atoms with van der Waals surface area (Å²) >= 11 is 1.32.